The summed E-state index contributed by atoms with van der Waals surface area (Å²) < 4.78 is 0. The number of rotatable bonds is 7. The fourth-order valence-electron chi connectivity index (χ4n) is 2.80. The second-order valence-corrected chi connectivity index (χ2v) is 5.61. The molecule has 0 aliphatic heterocycles. The Morgan fingerprint density at radius 3 is 2.50 bits per heavy atom. The van der Waals surface area contributed by atoms with Gasteiger partial charge in [-0.15, -0.1) is 0 Å². The van der Waals surface area contributed by atoms with E-state index in [0.717, 1.165) is 13.0 Å². The van der Waals surface area contributed by atoms with Crippen molar-refractivity contribution < 1.29 is 5.21 Å². The molecule has 1 aliphatic carbocycles. The van der Waals surface area contributed by atoms with Crippen LogP contribution in [0.1, 0.15) is 45.4 Å². The fraction of sp³-hybridized carbons (Fsp3) is 0.923. The van der Waals surface area contributed by atoms with Crippen LogP contribution >= 0.6 is 0 Å². The van der Waals surface area contributed by atoms with Crippen LogP contribution in [0, 0.1) is 0 Å². The Hall–Kier alpha value is -0.810. The maximum absolute atomic E-state index is 8.62. The van der Waals surface area contributed by atoms with E-state index in [-0.39, 0.29) is 0 Å². The number of likely N-dealkylation sites (N-methyl/N-ethyl adjacent to an activating group) is 1. The zero-order chi connectivity index (χ0) is 13.6. The zero-order valence-corrected chi connectivity index (χ0v) is 11.9. The van der Waals surface area contributed by atoms with E-state index in [0.29, 0.717) is 23.8 Å². The zero-order valence-electron chi connectivity index (χ0n) is 11.9. The summed E-state index contributed by atoms with van der Waals surface area (Å²) in [5.41, 5.74) is 5.87. The lowest BCUT2D eigenvalue weighted by Gasteiger charge is -2.38. The lowest BCUT2D eigenvalue weighted by molar-refractivity contribution is 0.149. The minimum Gasteiger partial charge on any atom is -0.409 e. The Kier molecular flexibility index (Phi) is 5.88. The summed E-state index contributed by atoms with van der Waals surface area (Å²) in [5.74, 6) is 0.305. The van der Waals surface area contributed by atoms with Gasteiger partial charge < -0.3 is 21.2 Å². The molecule has 1 unspecified atom stereocenters. The summed E-state index contributed by atoms with van der Waals surface area (Å²) in [6.07, 6.45) is 6.74. The topological polar surface area (TPSA) is 73.9 Å². The van der Waals surface area contributed by atoms with Crippen LogP contribution in [0.2, 0.25) is 0 Å². The van der Waals surface area contributed by atoms with E-state index in [1.165, 1.54) is 25.7 Å². The highest BCUT2D eigenvalue weighted by molar-refractivity contribution is 5.80. The molecule has 0 heterocycles. The summed E-state index contributed by atoms with van der Waals surface area (Å²) in [6.45, 7) is 3.11. The third-order valence-electron chi connectivity index (χ3n) is 4.28. The summed E-state index contributed by atoms with van der Waals surface area (Å²) in [5, 5.41) is 15.3. The normalized spacial score (nSPS) is 21.4. The molecule has 5 heteroatoms. The molecule has 1 aliphatic rings. The Labute approximate surface area is 110 Å². The van der Waals surface area contributed by atoms with Crippen LogP contribution in [-0.4, -0.2) is 48.2 Å². The molecule has 0 bridgehead atoms. The first-order chi connectivity index (χ1) is 8.54. The molecule has 4 N–H and O–H groups in total. The number of nitrogens with zero attached hydrogens (tertiary/aromatic N) is 2. The van der Waals surface area contributed by atoms with Gasteiger partial charge in [-0.1, -0.05) is 24.9 Å². The van der Waals surface area contributed by atoms with Crippen molar-refractivity contribution in [2.24, 2.45) is 10.9 Å². The van der Waals surface area contributed by atoms with Crippen molar-refractivity contribution >= 4 is 5.84 Å². The Balaban J connectivity index is 2.50. The lowest BCUT2D eigenvalue weighted by atomic mass is 9.95. The van der Waals surface area contributed by atoms with Crippen LogP contribution in [0.15, 0.2) is 5.16 Å². The quantitative estimate of drug-likeness (QED) is 0.278. The van der Waals surface area contributed by atoms with Crippen molar-refractivity contribution in [3.63, 3.8) is 0 Å². The van der Waals surface area contributed by atoms with Gasteiger partial charge in [0.25, 0.3) is 0 Å². The van der Waals surface area contributed by atoms with E-state index < -0.39 is 0 Å². The minimum absolute atomic E-state index is 0.290. The molecular weight excluding hydrogens is 228 g/mol. The van der Waals surface area contributed by atoms with Crippen LogP contribution in [0.25, 0.3) is 0 Å². The van der Waals surface area contributed by atoms with Gasteiger partial charge in [-0.25, -0.2) is 0 Å². The van der Waals surface area contributed by atoms with Crippen molar-refractivity contribution in [1.82, 2.24) is 10.2 Å². The smallest absolute Gasteiger partial charge is 0.140 e. The third kappa shape index (κ3) is 3.85. The molecule has 0 amide bonds. The Morgan fingerprint density at radius 2 is 2.06 bits per heavy atom. The molecular formula is C13H28N4O. The van der Waals surface area contributed by atoms with Crippen molar-refractivity contribution in [2.45, 2.75) is 57.0 Å². The highest BCUT2D eigenvalue weighted by Crippen LogP contribution is 2.33. The number of hydrogen-bond donors (Lipinski definition) is 3. The molecule has 0 aromatic carbocycles. The van der Waals surface area contributed by atoms with E-state index in [4.69, 9.17) is 10.9 Å². The highest BCUT2D eigenvalue weighted by atomic mass is 16.4. The second-order valence-electron chi connectivity index (χ2n) is 5.61. The SMILES string of the molecule is CCC(CC(N)=NO)NCC1(N(C)C)CCCC1. The summed E-state index contributed by atoms with van der Waals surface area (Å²) in [4.78, 5) is 2.35. The first-order valence-electron chi connectivity index (χ1n) is 6.91. The number of nitrogens with one attached hydrogen (secondary N) is 1. The highest BCUT2D eigenvalue weighted by Gasteiger charge is 2.35. The molecule has 0 aromatic rings. The molecule has 0 spiro atoms. The van der Waals surface area contributed by atoms with Gasteiger partial charge in [-0.05, 0) is 33.4 Å². The number of nitrogens with two attached hydrogens (primary N) is 1. The van der Waals surface area contributed by atoms with Gasteiger partial charge in [0, 0.05) is 24.5 Å². The maximum Gasteiger partial charge on any atom is 0.140 e. The first-order valence-corrected chi connectivity index (χ1v) is 6.91. The molecule has 1 fully saturated rings. The number of oxime groups is 1. The largest absolute Gasteiger partial charge is 0.409 e. The fourth-order valence-corrected chi connectivity index (χ4v) is 2.80. The second kappa shape index (κ2) is 6.95. The van der Waals surface area contributed by atoms with Gasteiger partial charge in [0.1, 0.15) is 5.84 Å². The van der Waals surface area contributed by atoms with Gasteiger partial charge in [-0.3, -0.25) is 0 Å². The van der Waals surface area contributed by atoms with Crippen molar-refractivity contribution in [2.75, 3.05) is 20.6 Å². The standard InChI is InChI=1S/C13H28N4O/c1-4-11(9-12(14)16-18)15-10-13(17(2)3)7-5-6-8-13/h11,15,18H,4-10H2,1-3H3,(H2,14,16). The molecule has 5 nitrogen and oxygen atoms in total. The van der Waals surface area contributed by atoms with E-state index in [1.54, 1.807) is 0 Å². The molecule has 1 rings (SSSR count). The van der Waals surface area contributed by atoms with E-state index in [9.17, 15) is 0 Å². The van der Waals surface area contributed by atoms with Crippen LogP contribution in [-0.2, 0) is 0 Å². The third-order valence-corrected chi connectivity index (χ3v) is 4.28. The van der Waals surface area contributed by atoms with Gasteiger partial charge >= 0.3 is 0 Å². The van der Waals surface area contributed by atoms with E-state index >= 15 is 0 Å². The molecule has 106 valence electrons. The van der Waals surface area contributed by atoms with Crippen LogP contribution in [0.5, 0.6) is 0 Å². The van der Waals surface area contributed by atoms with Gasteiger partial charge in [0.15, 0.2) is 0 Å². The van der Waals surface area contributed by atoms with Gasteiger partial charge in [0.05, 0.1) is 0 Å². The molecule has 18 heavy (non-hydrogen) atoms. The molecule has 0 aromatic heterocycles. The first kappa shape index (κ1) is 15.2. The number of amidine groups is 1. The van der Waals surface area contributed by atoms with E-state index in [1.807, 2.05) is 0 Å². The predicted octanol–water partition coefficient (Wildman–Crippen LogP) is 1.37. The molecule has 0 saturated heterocycles. The summed E-state index contributed by atoms with van der Waals surface area (Å²) in [7, 11) is 4.33. The van der Waals surface area contributed by atoms with Gasteiger partial charge in [0.2, 0.25) is 0 Å². The van der Waals surface area contributed by atoms with Gasteiger partial charge in [-0.2, -0.15) is 0 Å². The molecule has 0 radical (unpaired) electrons. The summed E-state index contributed by atoms with van der Waals surface area (Å²) >= 11 is 0. The van der Waals surface area contributed by atoms with Crippen molar-refractivity contribution in [3.05, 3.63) is 0 Å². The Morgan fingerprint density at radius 1 is 1.44 bits per heavy atom. The Bertz CT molecular complexity index is 272. The monoisotopic (exact) mass is 256 g/mol. The van der Waals surface area contributed by atoms with Crippen molar-refractivity contribution in [3.8, 4) is 0 Å². The van der Waals surface area contributed by atoms with Crippen LogP contribution < -0.4 is 11.1 Å². The molecule has 1 atom stereocenters. The molecule has 1 saturated carbocycles. The lowest BCUT2D eigenvalue weighted by Crippen LogP contribution is -2.52. The average molecular weight is 256 g/mol. The van der Waals surface area contributed by atoms with Crippen LogP contribution in [0.4, 0.5) is 0 Å². The van der Waals surface area contributed by atoms with E-state index in [2.05, 4.69) is 36.4 Å². The van der Waals surface area contributed by atoms with Crippen LogP contribution in [0.3, 0.4) is 0 Å². The van der Waals surface area contributed by atoms with Crippen molar-refractivity contribution in [1.29, 1.82) is 0 Å². The minimum atomic E-state index is 0.290. The average Bonchev–Trinajstić information content (AvgIpc) is 2.84. The summed E-state index contributed by atoms with van der Waals surface area (Å²) in [6, 6.07) is 0.290. The number of hydrogen-bond acceptors (Lipinski definition) is 4. The maximum atomic E-state index is 8.62. The predicted molar refractivity (Wildman–Crippen MR) is 75.0 cm³/mol.